The number of nitrogens with zero attached hydrogens (tertiary/aromatic N) is 1. The molecule has 6 heteroatoms. The van der Waals surface area contributed by atoms with E-state index >= 15 is 0 Å². The summed E-state index contributed by atoms with van der Waals surface area (Å²) in [5.41, 5.74) is 1.48. The first-order valence-electron chi connectivity index (χ1n) is 6.26. The second kappa shape index (κ2) is 6.29. The molecule has 2 rings (SSSR count). The van der Waals surface area contributed by atoms with Gasteiger partial charge in [0.25, 0.3) is 0 Å². The van der Waals surface area contributed by atoms with E-state index in [1.807, 2.05) is 6.92 Å². The third-order valence-electron chi connectivity index (χ3n) is 2.81. The molecule has 0 spiro atoms. The Kier molecular flexibility index (Phi) is 4.47. The summed E-state index contributed by atoms with van der Waals surface area (Å²) in [5, 5.41) is 9.26. The van der Waals surface area contributed by atoms with Gasteiger partial charge in [0.2, 0.25) is 11.8 Å². The second-order valence-electron chi connectivity index (χ2n) is 4.54. The Hall–Kier alpha value is -2.21. The maximum atomic E-state index is 13.1. The number of carbonyl (C=O) groups excluding carboxylic acids is 1. The van der Waals surface area contributed by atoms with Crippen molar-refractivity contribution in [3.05, 3.63) is 47.4 Å². The number of rotatable bonds is 5. The van der Waals surface area contributed by atoms with Crippen LogP contribution in [0.25, 0.3) is 0 Å². The van der Waals surface area contributed by atoms with Crippen LogP contribution in [0.15, 0.2) is 34.9 Å². The summed E-state index contributed by atoms with van der Waals surface area (Å²) in [6.45, 7) is 3.72. The Morgan fingerprint density at radius 3 is 2.90 bits per heavy atom. The zero-order chi connectivity index (χ0) is 14.5. The number of hydrogen-bond donors (Lipinski definition) is 2. The van der Waals surface area contributed by atoms with Crippen LogP contribution in [0, 0.1) is 12.7 Å². The molecule has 0 aliphatic heterocycles. The lowest BCUT2D eigenvalue weighted by Gasteiger charge is -2.13. The molecule has 1 aromatic carbocycles. The summed E-state index contributed by atoms with van der Waals surface area (Å²) in [7, 11) is 0. The minimum Gasteiger partial charge on any atom is -0.338 e. The fourth-order valence-electron chi connectivity index (χ4n) is 1.74. The molecule has 0 bridgehead atoms. The third kappa shape index (κ3) is 3.89. The second-order valence-corrected chi connectivity index (χ2v) is 4.54. The Bertz CT molecular complexity index is 598. The van der Waals surface area contributed by atoms with Gasteiger partial charge >= 0.3 is 0 Å². The van der Waals surface area contributed by atoms with Crippen molar-refractivity contribution >= 4 is 11.8 Å². The normalized spacial score (nSPS) is 12.2. The summed E-state index contributed by atoms with van der Waals surface area (Å²) < 4.78 is 18.0. The predicted molar refractivity (Wildman–Crippen MR) is 72.7 cm³/mol. The van der Waals surface area contributed by atoms with E-state index in [0.717, 1.165) is 5.56 Å². The summed E-state index contributed by atoms with van der Waals surface area (Å²) in [5.74, 6) is -0.227. The van der Waals surface area contributed by atoms with Crippen molar-refractivity contribution in [2.24, 2.45) is 0 Å². The van der Waals surface area contributed by atoms with Crippen LogP contribution in [0.5, 0.6) is 0 Å². The van der Waals surface area contributed by atoms with E-state index in [2.05, 4.69) is 15.8 Å². The zero-order valence-electron chi connectivity index (χ0n) is 11.3. The first kappa shape index (κ1) is 14.2. The van der Waals surface area contributed by atoms with Gasteiger partial charge in [0.05, 0.1) is 12.2 Å². The van der Waals surface area contributed by atoms with Gasteiger partial charge in [-0.3, -0.25) is 10.1 Å². The standard InChI is InChI=1S/C14H16FN3O2/c1-9-6-14(20-18-9)17-13(19)8-16-10(2)11-4-3-5-12(15)7-11/h3-7,10,16H,8H2,1-2H3,(H,17,19). The summed E-state index contributed by atoms with van der Waals surface area (Å²) >= 11 is 0. The van der Waals surface area contributed by atoms with E-state index in [4.69, 9.17) is 4.52 Å². The molecule has 20 heavy (non-hydrogen) atoms. The highest BCUT2D eigenvalue weighted by molar-refractivity contribution is 5.90. The smallest absolute Gasteiger partial charge is 0.240 e. The molecule has 0 fully saturated rings. The van der Waals surface area contributed by atoms with Crippen LogP contribution in [-0.2, 0) is 4.79 Å². The van der Waals surface area contributed by atoms with Crippen LogP contribution in [-0.4, -0.2) is 17.6 Å². The molecule has 1 atom stereocenters. The summed E-state index contributed by atoms with van der Waals surface area (Å²) in [6, 6.07) is 7.77. The highest BCUT2D eigenvalue weighted by atomic mass is 19.1. The lowest BCUT2D eigenvalue weighted by molar-refractivity contribution is -0.115. The number of carbonyl (C=O) groups is 1. The molecule has 1 heterocycles. The minimum atomic E-state index is -0.294. The molecule has 0 radical (unpaired) electrons. The van der Waals surface area contributed by atoms with Gasteiger partial charge in [-0.1, -0.05) is 17.3 Å². The van der Waals surface area contributed by atoms with E-state index in [0.29, 0.717) is 11.6 Å². The molecular weight excluding hydrogens is 261 g/mol. The van der Waals surface area contributed by atoms with Crippen LogP contribution in [0.2, 0.25) is 0 Å². The van der Waals surface area contributed by atoms with Crippen molar-refractivity contribution in [2.75, 3.05) is 11.9 Å². The molecule has 2 N–H and O–H groups in total. The Morgan fingerprint density at radius 2 is 2.25 bits per heavy atom. The monoisotopic (exact) mass is 277 g/mol. The van der Waals surface area contributed by atoms with Crippen molar-refractivity contribution in [3.63, 3.8) is 0 Å². The van der Waals surface area contributed by atoms with E-state index in [1.165, 1.54) is 12.1 Å². The fourth-order valence-corrected chi connectivity index (χ4v) is 1.74. The van der Waals surface area contributed by atoms with Crippen LogP contribution in [0.1, 0.15) is 24.2 Å². The average molecular weight is 277 g/mol. The minimum absolute atomic E-state index is 0.0947. The van der Waals surface area contributed by atoms with E-state index in [-0.39, 0.29) is 24.3 Å². The van der Waals surface area contributed by atoms with Crippen LogP contribution < -0.4 is 10.6 Å². The SMILES string of the molecule is Cc1cc(NC(=O)CNC(C)c2cccc(F)c2)on1. The summed E-state index contributed by atoms with van der Waals surface area (Å²) in [4.78, 5) is 11.7. The van der Waals surface area contributed by atoms with Crippen LogP contribution in [0.4, 0.5) is 10.3 Å². The molecule has 0 aliphatic rings. The van der Waals surface area contributed by atoms with Gasteiger partial charge in [-0.15, -0.1) is 0 Å². The fraction of sp³-hybridized carbons (Fsp3) is 0.286. The Balaban J connectivity index is 1.84. The first-order chi connectivity index (χ1) is 9.54. The van der Waals surface area contributed by atoms with Crippen LogP contribution in [0.3, 0.4) is 0 Å². The van der Waals surface area contributed by atoms with Gasteiger partial charge in [-0.05, 0) is 31.5 Å². The number of benzene rings is 1. The predicted octanol–water partition coefficient (Wildman–Crippen LogP) is 2.41. The number of amides is 1. The van der Waals surface area contributed by atoms with Gasteiger partial charge in [0, 0.05) is 12.1 Å². The van der Waals surface area contributed by atoms with Gasteiger partial charge < -0.3 is 9.84 Å². The zero-order valence-corrected chi connectivity index (χ0v) is 11.3. The first-order valence-corrected chi connectivity index (χ1v) is 6.26. The molecule has 1 aromatic heterocycles. The number of aryl methyl sites for hydroxylation is 1. The van der Waals surface area contributed by atoms with Gasteiger partial charge in [-0.2, -0.15) is 0 Å². The van der Waals surface area contributed by atoms with Gasteiger partial charge in [0.1, 0.15) is 5.82 Å². The molecular formula is C14H16FN3O2. The molecule has 106 valence electrons. The third-order valence-corrected chi connectivity index (χ3v) is 2.81. The van der Waals surface area contributed by atoms with Crippen molar-refractivity contribution < 1.29 is 13.7 Å². The molecule has 0 aliphatic carbocycles. The highest BCUT2D eigenvalue weighted by Gasteiger charge is 2.10. The van der Waals surface area contributed by atoms with Crippen molar-refractivity contribution in [3.8, 4) is 0 Å². The molecule has 0 saturated heterocycles. The Labute approximate surface area is 116 Å². The molecule has 1 amide bonds. The van der Waals surface area contributed by atoms with Gasteiger partial charge in [-0.25, -0.2) is 4.39 Å². The number of aromatic nitrogens is 1. The quantitative estimate of drug-likeness (QED) is 0.880. The van der Waals surface area contributed by atoms with E-state index in [1.54, 1.807) is 25.1 Å². The Morgan fingerprint density at radius 1 is 1.45 bits per heavy atom. The van der Waals surface area contributed by atoms with Crippen molar-refractivity contribution in [1.82, 2.24) is 10.5 Å². The lowest BCUT2D eigenvalue weighted by Crippen LogP contribution is -2.30. The maximum Gasteiger partial charge on any atom is 0.240 e. The van der Waals surface area contributed by atoms with Crippen molar-refractivity contribution in [2.45, 2.75) is 19.9 Å². The number of anilines is 1. The number of nitrogens with one attached hydrogen (secondary N) is 2. The largest absolute Gasteiger partial charge is 0.338 e. The molecule has 0 saturated carbocycles. The molecule has 1 unspecified atom stereocenters. The van der Waals surface area contributed by atoms with Crippen LogP contribution >= 0.6 is 0 Å². The van der Waals surface area contributed by atoms with Gasteiger partial charge in [0.15, 0.2) is 0 Å². The topological polar surface area (TPSA) is 67.2 Å². The number of hydrogen-bond acceptors (Lipinski definition) is 4. The van der Waals surface area contributed by atoms with E-state index < -0.39 is 0 Å². The summed E-state index contributed by atoms with van der Waals surface area (Å²) in [6.07, 6.45) is 0. The van der Waals surface area contributed by atoms with Crippen molar-refractivity contribution in [1.29, 1.82) is 0 Å². The maximum absolute atomic E-state index is 13.1. The number of halogens is 1. The molecule has 5 nitrogen and oxygen atoms in total. The molecule has 2 aromatic rings. The average Bonchev–Trinajstić information content (AvgIpc) is 2.81. The van der Waals surface area contributed by atoms with E-state index in [9.17, 15) is 9.18 Å². The lowest BCUT2D eigenvalue weighted by atomic mass is 10.1. The highest BCUT2D eigenvalue weighted by Crippen LogP contribution is 2.13.